The highest BCUT2D eigenvalue weighted by Gasteiger charge is 2.15. The quantitative estimate of drug-likeness (QED) is 0.829. The first-order valence-electron chi connectivity index (χ1n) is 6.98. The Morgan fingerprint density at radius 2 is 1.67 bits per heavy atom. The van der Waals surface area contributed by atoms with Crippen LogP contribution in [0.4, 0.5) is 5.69 Å². The van der Waals surface area contributed by atoms with E-state index in [4.69, 9.17) is 9.47 Å². The molecule has 128 valence electrons. The Morgan fingerprint density at radius 1 is 1.00 bits per heavy atom. The number of methoxy groups -OCH3 is 2. The number of nitrogens with one attached hydrogen (secondary N) is 2. The molecule has 2 N–H and O–H groups in total. The Bertz CT molecular complexity index is 832. The van der Waals surface area contributed by atoms with Crippen LogP contribution in [0.2, 0.25) is 0 Å². The van der Waals surface area contributed by atoms with Crippen LogP contribution in [-0.4, -0.2) is 35.6 Å². The summed E-state index contributed by atoms with van der Waals surface area (Å²) in [6.45, 7) is 0. The summed E-state index contributed by atoms with van der Waals surface area (Å²) < 4.78 is 35.9. The SMILES string of the molecule is CNS(=O)(=O)c1ccc(NC(=O)c2ccc(OC)cc2OC)cc1. The van der Waals surface area contributed by atoms with Crippen molar-refractivity contribution in [2.45, 2.75) is 4.90 Å². The van der Waals surface area contributed by atoms with Crippen molar-refractivity contribution in [2.24, 2.45) is 0 Å². The van der Waals surface area contributed by atoms with Crippen molar-refractivity contribution in [3.63, 3.8) is 0 Å². The number of carbonyl (C=O) groups excluding carboxylic acids is 1. The standard InChI is InChI=1S/C16H18N2O5S/c1-17-24(20,21)13-7-4-11(5-8-13)18-16(19)14-9-6-12(22-2)10-15(14)23-3/h4-10,17H,1-3H3,(H,18,19). The summed E-state index contributed by atoms with van der Waals surface area (Å²) in [6, 6.07) is 10.7. The van der Waals surface area contributed by atoms with Gasteiger partial charge in [-0.3, -0.25) is 4.79 Å². The van der Waals surface area contributed by atoms with Crippen LogP contribution in [0.5, 0.6) is 11.5 Å². The first-order valence-corrected chi connectivity index (χ1v) is 8.46. The highest BCUT2D eigenvalue weighted by Crippen LogP contribution is 2.25. The largest absolute Gasteiger partial charge is 0.497 e. The lowest BCUT2D eigenvalue weighted by molar-refractivity contribution is 0.102. The van der Waals surface area contributed by atoms with Crippen LogP contribution in [0.15, 0.2) is 47.4 Å². The van der Waals surface area contributed by atoms with Crippen molar-refractivity contribution in [3.8, 4) is 11.5 Å². The van der Waals surface area contributed by atoms with Crippen LogP contribution < -0.4 is 19.5 Å². The Balaban J connectivity index is 2.21. The predicted molar refractivity (Wildman–Crippen MR) is 90.2 cm³/mol. The average molecular weight is 350 g/mol. The minimum atomic E-state index is -3.51. The molecule has 2 rings (SSSR count). The van der Waals surface area contributed by atoms with Crippen LogP contribution in [-0.2, 0) is 10.0 Å². The smallest absolute Gasteiger partial charge is 0.259 e. The third-order valence-corrected chi connectivity index (χ3v) is 4.77. The topological polar surface area (TPSA) is 93.7 Å². The van der Waals surface area contributed by atoms with Gasteiger partial charge in [0.1, 0.15) is 11.5 Å². The van der Waals surface area contributed by atoms with Crippen LogP contribution in [0.1, 0.15) is 10.4 Å². The molecule has 0 aromatic heterocycles. The zero-order chi connectivity index (χ0) is 17.7. The molecular formula is C16H18N2O5S. The Labute approximate surface area is 140 Å². The number of amides is 1. The van der Waals surface area contributed by atoms with Crippen LogP contribution in [0, 0.1) is 0 Å². The van der Waals surface area contributed by atoms with Crippen molar-refractivity contribution >= 4 is 21.6 Å². The molecule has 0 bridgehead atoms. The van der Waals surface area contributed by atoms with E-state index in [1.165, 1.54) is 45.5 Å². The molecule has 24 heavy (non-hydrogen) atoms. The maximum Gasteiger partial charge on any atom is 0.259 e. The molecule has 0 unspecified atom stereocenters. The van der Waals surface area contributed by atoms with E-state index in [1.54, 1.807) is 18.2 Å². The molecule has 0 radical (unpaired) electrons. The first-order chi connectivity index (χ1) is 11.4. The lowest BCUT2D eigenvalue weighted by atomic mass is 10.1. The fourth-order valence-electron chi connectivity index (χ4n) is 2.02. The van der Waals surface area contributed by atoms with Gasteiger partial charge in [-0.2, -0.15) is 0 Å². The van der Waals surface area contributed by atoms with Gasteiger partial charge in [0.05, 0.1) is 24.7 Å². The summed E-state index contributed by atoms with van der Waals surface area (Å²) in [4.78, 5) is 12.5. The molecule has 2 aromatic rings. The van der Waals surface area contributed by atoms with Gasteiger partial charge in [-0.15, -0.1) is 0 Å². The van der Waals surface area contributed by atoms with Gasteiger partial charge >= 0.3 is 0 Å². The average Bonchev–Trinajstić information content (AvgIpc) is 2.61. The highest BCUT2D eigenvalue weighted by atomic mass is 32.2. The van der Waals surface area contributed by atoms with E-state index in [2.05, 4.69) is 10.0 Å². The van der Waals surface area contributed by atoms with E-state index >= 15 is 0 Å². The fourth-order valence-corrected chi connectivity index (χ4v) is 2.75. The third kappa shape index (κ3) is 3.84. The molecule has 0 saturated heterocycles. The third-order valence-electron chi connectivity index (χ3n) is 3.34. The number of anilines is 1. The van der Waals surface area contributed by atoms with Gasteiger partial charge in [0.15, 0.2) is 0 Å². The summed E-state index contributed by atoms with van der Waals surface area (Å²) in [5.41, 5.74) is 0.804. The summed E-state index contributed by atoms with van der Waals surface area (Å²) in [6.07, 6.45) is 0. The number of benzene rings is 2. The molecular weight excluding hydrogens is 332 g/mol. The molecule has 0 spiro atoms. The zero-order valence-electron chi connectivity index (χ0n) is 13.5. The molecule has 2 aromatic carbocycles. The summed E-state index contributed by atoms with van der Waals surface area (Å²) >= 11 is 0. The van der Waals surface area contributed by atoms with E-state index in [-0.39, 0.29) is 10.8 Å². The van der Waals surface area contributed by atoms with Gasteiger partial charge < -0.3 is 14.8 Å². The Kier molecular flexibility index (Phi) is 5.42. The van der Waals surface area contributed by atoms with E-state index in [0.717, 1.165) is 0 Å². The monoisotopic (exact) mass is 350 g/mol. The van der Waals surface area contributed by atoms with E-state index in [9.17, 15) is 13.2 Å². The summed E-state index contributed by atoms with van der Waals surface area (Å²) in [5.74, 6) is 0.574. The van der Waals surface area contributed by atoms with Gasteiger partial charge in [0.2, 0.25) is 10.0 Å². The number of sulfonamides is 1. The van der Waals surface area contributed by atoms with Gasteiger partial charge in [0, 0.05) is 11.8 Å². The lowest BCUT2D eigenvalue weighted by Gasteiger charge is -2.11. The first kappa shape index (κ1) is 17.8. The lowest BCUT2D eigenvalue weighted by Crippen LogP contribution is -2.18. The molecule has 8 heteroatoms. The van der Waals surface area contributed by atoms with Crippen molar-refractivity contribution in [1.82, 2.24) is 4.72 Å². The number of rotatable bonds is 6. The summed E-state index contributed by atoms with van der Waals surface area (Å²) in [7, 11) is 0.808. The number of carbonyl (C=O) groups is 1. The molecule has 0 aliphatic carbocycles. The molecule has 0 saturated carbocycles. The van der Waals surface area contributed by atoms with Crippen LogP contribution in [0.25, 0.3) is 0 Å². The van der Waals surface area contributed by atoms with E-state index < -0.39 is 10.0 Å². The van der Waals surface area contributed by atoms with E-state index in [0.29, 0.717) is 22.7 Å². The molecule has 0 aliphatic rings. The van der Waals surface area contributed by atoms with Crippen molar-refractivity contribution < 1.29 is 22.7 Å². The Morgan fingerprint density at radius 3 is 2.21 bits per heavy atom. The minimum absolute atomic E-state index is 0.116. The highest BCUT2D eigenvalue weighted by molar-refractivity contribution is 7.89. The zero-order valence-corrected chi connectivity index (χ0v) is 14.3. The van der Waals surface area contributed by atoms with Gasteiger partial charge in [0.25, 0.3) is 5.91 Å². The molecule has 0 heterocycles. The maximum absolute atomic E-state index is 12.4. The van der Waals surface area contributed by atoms with Crippen LogP contribution >= 0.6 is 0 Å². The van der Waals surface area contributed by atoms with E-state index in [1.807, 2.05) is 0 Å². The maximum atomic E-state index is 12.4. The Hall–Kier alpha value is -2.58. The van der Waals surface area contributed by atoms with Gasteiger partial charge in [-0.1, -0.05) is 0 Å². The van der Waals surface area contributed by atoms with Crippen LogP contribution in [0.3, 0.4) is 0 Å². The van der Waals surface area contributed by atoms with Crippen molar-refractivity contribution in [3.05, 3.63) is 48.0 Å². The molecule has 7 nitrogen and oxygen atoms in total. The molecule has 0 aliphatic heterocycles. The molecule has 0 atom stereocenters. The predicted octanol–water partition coefficient (Wildman–Crippen LogP) is 1.86. The second-order valence-corrected chi connectivity index (χ2v) is 6.64. The van der Waals surface area contributed by atoms with Crippen molar-refractivity contribution in [2.75, 3.05) is 26.6 Å². The fraction of sp³-hybridized carbons (Fsp3) is 0.188. The number of ether oxygens (including phenoxy) is 2. The van der Waals surface area contributed by atoms with Gasteiger partial charge in [-0.25, -0.2) is 13.1 Å². The normalized spacial score (nSPS) is 11.0. The molecule has 0 fully saturated rings. The number of hydrogen-bond donors (Lipinski definition) is 2. The summed E-state index contributed by atoms with van der Waals surface area (Å²) in [5, 5.41) is 2.69. The second-order valence-electron chi connectivity index (χ2n) is 4.75. The van der Waals surface area contributed by atoms with Gasteiger partial charge in [-0.05, 0) is 43.4 Å². The molecule has 1 amide bonds. The second kappa shape index (κ2) is 7.33. The minimum Gasteiger partial charge on any atom is -0.497 e. The number of hydrogen-bond acceptors (Lipinski definition) is 5. The van der Waals surface area contributed by atoms with Crippen molar-refractivity contribution in [1.29, 1.82) is 0 Å².